The van der Waals surface area contributed by atoms with Gasteiger partial charge in [0.15, 0.2) is 10.8 Å². The lowest BCUT2D eigenvalue weighted by atomic mass is 9.93. The van der Waals surface area contributed by atoms with E-state index >= 15 is 0 Å². The number of methoxy groups -OCH3 is 1. The molecule has 1 saturated heterocycles. The molecule has 1 aromatic heterocycles. The Balaban J connectivity index is 1.34. The van der Waals surface area contributed by atoms with Crippen molar-refractivity contribution in [2.45, 2.75) is 36.9 Å². The molecule has 0 radical (unpaired) electrons. The number of hydrogen-bond acceptors (Lipinski definition) is 7. The van der Waals surface area contributed by atoms with Gasteiger partial charge in [-0.05, 0) is 55.2 Å². The van der Waals surface area contributed by atoms with Crippen LogP contribution in [0.2, 0.25) is 0 Å². The van der Waals surface area contributed by atoms with Crippen LogP contribution < -0.4 is 14.8 Å². The van der Waals surface area contributed by atoms with Crippen LogP contribution in [-0.4, -0.2) is 72.1 Å². The van der Waals surface area contributed by atoms with Gasteiger partial charge in [-0.1, -0.05) is 18.2 Å². The number of piperidine rings is 1. The number of aryl methyl sites for hydroxylation is 1. The van der Waals surface area contributed by atoms with E-state index in [-0.39, 0.29) is 47.9 Å². The van der Waals surface area contributed by atoms with Crippen molar-refractivity contribution < 1.29 is 27.5 Å². The number of hydrogen-bond donors (Lipinski definition) is 1. The van der Waals surface area contributed by atoms with Crippen LogP contribution in [0.25, 0.3) is 0 Å². The molecule has 3 aliphatic rings. The van der Waals surface area contributed by atoms with Gasteiger partial charge >= 0.3 is 0 Å². The minimum absolute atomic E-state index is 0.00759. The van der Waals surface area contributed by atoms with Gasteiger partial charge in [-0.25, -0.2) is 8.42 Å². The first-order valence-electron chi connectivity index (χ1n) is 13.8. The van der Waals surface area contributed by atoms with E-state index in [1.165, 1.54) is 15.1 Å². The van der Waals surface area contributed by atoms with E-state index < -0.39 is 10.0 Å². The lowest BCUT2D eigenvalue weighted by Gasteiger charge is -2.42. The van der Waals surface area contributed by atoms with Gasteiger partial charge in [-0.15, -0.1) is 0 Å². The van der Waals surface area contributed by atoms with Crippen molar-refractivity contribution in [2.24, 2.45) is 18.9 Å². The monoisotopic (exact) mass is 579 g/mol. The number of para-hydroxylation sites is 1. The van der Waals surface area contributed by atoms with Gasteiger partial charge in [-0.2, -0.15) is 9.40 Å². The number of nitrogens with one attached hydrogen (secondary N) is 1. The molecular weight excluding hydrogens is 546 g/mol. The van der Waals surface area contributed by atoms with Crippen LogP contribution in [0.15, 0.2) is 59.8 Å². The Morgan fingerprint density at radius 2 is 1.88 bits per heavy atom. The molecule has 2 amide bonds. The first-order chi connectivity index (χ1) is 19.7. The highest BCUT2D eigenvalue weighted by Gasteiger charge is 2.42. The fraction of sp³-hybridized carbons (Fsp3) is 0.414. The number of nitrogens with zero attached hydrogens (tertiary/aromatic N) is 4. The Labute approximate surface area is 239 Å². The summed E-state index contributed by atoms with van der Waals surface area (Å²) in [6.07, 6.45) is 3.35. The molecule has 12 heteroatoms. The molecule has 11 nitrogen and oxygen atoms in total. The zero-order chi connectivity index (χ0) is 28.7. The number of benzene rings is 2. The van der Waals surface area contributed by atoms with E-state index in [1.807, 2.05) is 24.3 Å². The molecule has 2 aromatic carbocycles. The second kappa shape index (κ2) is 10.8. The van der Waals surface area contributed by atoms with Crippen molar-refractivity contribution in [3.63, 3.8) is 0 Å². The third kappa shape index (κ3) is 5.53. The zero-order valence-corrected chi connectivity index (χ0v) is 23.8. The fourth-order valence-corrected chi connectivity index (χ4v) is 6.94. The molecule has 2 fully saturated rings. The van der Waals surface area contributed by atoms with E-state index in [9.17, 15) is 18.0 Å². The Morgan fingerprint density at radius 3 is 2.56 bits per heavy atom. The minimum atomic E-state index is -3.83. The molecule has 216 valence electrons. The van der Waals surface area contributed by atoms with Crippen molar-refractivity contribution >= 4 is 27.5 Å². The molecule has 1 saturated carbocycles. The van der Waals surface area contributed by atoms with Gasteiger partial charge in [0.2, 0.25) is 5.91 Å². The number of carbonyl (C=O) groups is 2. The number of fused-ring (bicyclic) bond motifs is 2. The molecule has 1 N–H and O–H groups in total. The number of ether oxygens (including phenoxy) is 2. The van der Waals surface area contributed by atoms with Crippen molar-refractivity contribution in [2.75, 3.05) is 32.1 Å². The Kier molecular flexibility index (Phi) is 7.20. The molecule has 2 aliphatic heterocycles. The normalized spacial score (nSPS) is 21.2. The van der Waals surface area contributed by atoms with Crippen LogP contribution in [0, 0.1) is 11.8 Å². The Hall–Kier alpha value is -3.90. The summed E-state index contributed by atoms with van der Waals surface area (Å²) in [7, 11) is -0.553. The van der Waals surface area contributed by atoms with Crippen LogP contribution in [-0.2, 0) is 28.4 Å². The highest BCUT2D eigenvalue weighted by Crippen LogP contribution is 2.39. The van der Waals surface area contributed by atoms with Gasteiger partial charge in [0.05, 0.1) is 18.4 Å². The largest absolute Gasteiger partial charge is 0.497 e. The Morgan fingerprint density at radius 1 is 1.10 bits per heavy atom. The maximum absolute atomic E-state index is 14.0. The number of anilines is 1. The average Bonchev–Trinajstić information content (AvgIpc) is 3.73. The molecular formula is C29H33N5O6S. The molecule has 1 aliphatic carbocycles. The maximum Gasteiger partial charge on any atom is 0.262 e. The molecule has 41 heavy (non-hydrogen) atoms. The molecule has 0 bridgehead atoms. The van der Waals surface area contributed by atoms with Crippen LogP contribution in [0.1, 0.15) is 35.2 Å². The standard InChI is InChI=1S/C29H33N5O6S/c1-32-14-13-26(31-32)41(37,38)34-15-12-25-21(18-34)17-33(16-19-6-10-22(39-2)11-7-19)29(36)23-4-3-5-24(27(23)40-25)30-28(35)20-8-9-20/h3-7,10-11,13-14,20-21,25H,8-9,12,15-18H2,1-2H3,(H,30,35)/t21-,25+/m1/s1. The summed E-state index contributed by atoms with van der Waals surface area (Å²) in [5, 5.41) is 7.08. The molecule has 2 atom stereocenters. The van der Waals surface area contributed by atoms with Gasteiger partial charge < -0.3 is 19.7 Å². The second-order valence-electron chi connectivity index (χ2n) is 10.9. The Bertz CT molecular complexity index is 1570. The molecule has 0 unspecified atom stereocenters. The number of sulfonamides is 1. The van der Waals surface area contributed by atoms with Crippen LogP contribution in [0.3, 0.4) is 0 Å². The number of amides is 2. The van der Waals surface area contributed by atoms with Gasteiger partial charge in [0.25, 0.3) is 15.9 Å². The van der Waals surface area contributed by atoms with Crippen molar-refractivity contribution in [3.8, 4) is 11.5 Å². The van der Waals surface area contributed by atoms with Gasteiger partial charge in [0, 0.05) is 51.3 Å². The highest BCUT2D eigenvalue weighted by atomic mass is 32.2. The SMILES string of the molecule is COc1ccc(CN2C[C@@H]3CN(S(=O)(=O)c4ccn(C)n4)CC[C@@H]3Oc3c(NC(=O)C4CC4)cccc3C2=O)cc1. The highest BCUT2D eigenvalue weighted by molar-refractivity contribution is 7.89. The lowest BCUT2D eigenvalue weighted by Crippen LogP contribution is -2.53. The number of aromatic nitrogens is 2. The summed E-state index contributed by atoms with van der Waals surface area (Å²) in [4.78, 5) is 28.5. The first-order valence-corrected chi connectivity index (χ1v) is 15.2. The summed E-state index contributed by atoms with van der Waals surface area (Å²) < 4.78 is 41.6. The van der Waals surface area contributed by atoms with Gasteiger partial charge in [-0.3, -0.25) is 14.3 Å². The maximum atomic E-state index is 14.0. The van der Waals surface area contributed by atoms with E-state index in [0.717, 1.165) is 18.4 Å². The topological polar surface area (TPSA) is 123 Å². The van der Waals surface area contributed by atoms with Crippen LogP contribution in [0.5, 0.6) is 11.5 Å². The van der Waals surface area contributed by atoms with Crippen LogP contribution in [0.4, 0.5) is 5.69 Å². The summed E-state index contributed by atoms with van der Waals surface area (Å²) in [6.45, 7) is 1.03. The average molecular weight is 580 g/mol. The van der Waals surface area contributed by atoms with E-state index in [4.69, 9.17) is 9.47 Å². The smallest absolute Gasteiger partial charge is 0.262 e. The third-order valence-electron chi connectivity index (χ3n) is 7.92. The predicted octanol–water partition coefficient (Wildman–Crippen LogP) is 2.89. The van der Waals surface area contributed by atoms with E-state index in [1.54, 1.807) is 43.5 Å². The van der Waals surface area contributed by atoms with Crippen molar-refractivity contribution in [1.82, 2.24) is 19.0 Å². The summed E-state index contributed by atoms with van der Waals surface area (Å²) in [5.74, 6) is 0.382. The summed E-state index contributed by atoms with van der Waals surface area (Å²) in [5.41, 5.74) is 1.74. The number of rotatable bonds is 7. The molecule has 3 aromatic rings. The van der Waals surface area contributed by atoms with E-state index in [2.05, 4.69) is 10.4 Å². The van der Waals surface area contributed by atoms with E-state index in [0.29, 0.717) is 42.3 Å². The predicted molar refractivity (Wildman–Crippen MR) is 150 cm³/mol. The lowest BCUT2D eigenvalue weighted by molar-refractivity contribution is -0.117. The molecule has 6 rings (SSSR count). The second-order valence-corrected chi connectivity index (χ2v) is 12.8. The minimum Gasteiger partial charge on any atom is -0.497 e. The quantitative estimate of drug-likeness (QED) is 0.457. The molecule has 3 heterocycles. The fourth-order valence-electron chi connectivity index (χ4n) is 5.48. The number of carbonyl (C=O) groups excluding carboxylic acids is 2. The molecule has 0 spiro atoms. The van der Waals surface area contributed by atoms with Crippen LogP contribution >= 0.6 is 0 Å². The van der Waals surface area contributed by atoms with Gasteiger partial charge in [0.1, 0.15) is 11.9 Å². The first kappa shape index (κ1) is 27.3. The summed E-state index contributed by atoms with van der Waals surface area (Å²) in [6, 6.07) is 14.2. The third-order valence-corrected chi connectivity index (χ3v) is 9.67. The van der Waals surface area contributed by atoms with Crippen molar-refractivity contribution in [1.29, 1.82) is 0 Å². The summed E-state index contributed by atoms with van der Waals surface area (Å²) >= 11 is 0. The zero-order valence-electron chi connectivity index (χ0n) is 23.0. The van der Waals surface area contributed by atoms with Crippen molar-refractivity contribution in [3.05, 3.63) is 65.9 Å².